The first-order valence-corrected chi connectivity index (χ1v) is 8.46. The third-order valence-electron chi connectivity index (χ3n) is 3.64. The van der Waals surface area contributed by atoms with Crippen molar-refractivity contribution in [3.05, 3.63) is 58.7 Å². The summed E-state index contributed by atoms with van der Waals surface area (Å²) < 4.78 is 26.9. The molecule has 2 aromatic carbocycles. The second kappa shape index (κ2) is 5.04. The van der Waals surface area contributed by atoms with Crippen LogP contribution >= 0.6 is 11.6 Å². The average Bonchev–Trinajstić information content (AvgIpc) is 2.72. The highest BCUT2D eigenvalue weighted by Crippen LogP contribution is 2.35. The van der Waals surface area contributed by atoms with E-state index in [1.165, 1.54) is 0 Å². The molecule has 3 rings (SSSR count). The molecular weight excluding hydrogens is 322 g/mol. The van der Waals surface area contributed by atoms with Crippen molar-refractivity contribution in [2.75, 3.05) is 0 Å². The van der Waals surface area contributed by atoms with E-state index in [1.807, 2.05) is 6.92 Å². The molecule has 1 aromatic heterocycles. The van der Waals surface area contributed by atoms with Gasteiger partial charge in [-0.05, 0) is 44.2 Å². The van der Waals surface area contributed by atoms with Gasteiger partial charge in [-0.2, -0.15) is 0 Å². The Labute approximate surface area is 133 Å². The summed E-state index contributed by atoms with van der Waals surface area (Å²) in [5, 5.41) is 11.1. The molecule has 0 unspecified atom stereocenters. The largest absolute Gasteiger partial charge is 0.505 e. The Balaban J connectivity index is 2.34. The van der Waals surface area contributed by atoms with Crippen molar-refractivity contribution in [1.29, 1.82) is 0 Å². The van der Waals surface area contributed by atoms with Crippen LogP contribution in [0.2, 0.25) is 5.02 Å². The van der Waals surface area contributed by atoms with E-state index >= 15 is 0 Å². The van der Waals surface area contributed by atoms with Crippen LogP contribution in [0.1, 0.15) is 11.3 Å². The van der Waals surface area contributed by atoms with Gasteiger partial charge in [0.15, 0.2) is 0 Å². The molecule has 22 heavy (non-hydrogen) atoms. The Bertz CT molecular complexity index is 973. The van der Waals surface area contributed by atoms with Crippen molar-refractivity contribution >= 4 is 32.5 Å². The predicted molar refractivity (Wildman–Crippen MR) is 87.1 cm³/mol. The molecule has 0 aliphatic carbocycles. The van der Waals surface area contributed by atoms with Crippen LogP contribution in [0.15, 0.2) is 47.4 Å². The lowest BCUT2D eigenvalue weighted by molar-refractivity contribution is 0.475. The topological polar surface area (TPSA) is 59.3 Å². The number of aromatic hydroxyl groups is 1. The fourth-order valence-corrected chi connectivity index (χ4v) is 4.20. The Hall–Kier alpha value is -1.98. The van der Waals surface area contributed by atoms with E-state index in [1.54, 1.807) is 49.4 Å². The van der Waals surface area contributed by atoms with E-state index in [-0.39, 0.29) is 16.3 Å². The predicted octanol–water partition coefficient (Wildman–Crippen LogP) is 3.85. The van der Waals surface area contributed by atoms with Crippen LogP contribution in [0.4, 0.5) is 0 Å². The average molecular weight is 336 g/mol. The molecule has 0 aliphatic rings. The first-order valence-electron chi connectivity index (χ1n) is 6.64. The Morgan fingerprint density at radius 2 is 1.68 bits per heavy atom. The van der Waals surface area contributed by atoms with Crippen LogP contribution in [-0.2, 0) is 10.0 Å². The van der Waals surface area contributed by atoms with E-state index in [0.29, 0.717) is 15.9 Å². The van der Waals surface area contributed by atoms with Gasteiger partial charge in [0.05, 0.1) is 16.1 Å². The Morgan fingerprint density at radius 3 is 2.32 bits per heavy atom. The maximum atomic E-state index is 12.9. The molecular formula is C16H14ClNO3S. The number of hydrogen-bond acceptors (Lipinski definition) is 3. The molecule has 0 atom stereocenters. The number of benzene rings is 2. The lowest BCUT2D eigenvalue weighted by Crippen LogP contribution is -2.14. The maximum Gasteiger partial charge on any atom is 0.268 e. The van der Waals surface area contributed by atoms with Gasteiger partial charge < -0.3 is 5.11 Å². The second-order valence-corrected chi connectivity index (χ2v) is 7.40. The SMILES string of the molecule is Cc1ccc(S(=O)(=O)n2c(C)c(O)c3cc(Cl)ccc32)cc1. The van der Waals surface area contributed by atoms with Crippen LogP contribution in [0.3, 0.4) is 0 Å². The van der Waals surface area contributed by atoms with Gasteiger partial charge in [-0.3, -0.25) is 0 Å². The van der Waals surface area contributed by atoms with Gasteiger partial charge in [0.2, 0.25) is 0 Å². The van der Waals surface area contributed by atoms with Crippen molar-refractivity contribution in [2.24, 2.45) is 0 Å². The molecule has 0 fully saturated rings. The summed E-state index contributed by atoms with van der Waals surface area (Å²) in [6.45, 7) is 3.45. The zero-order chi connectivity index (χ0) is 16.1. The maximum absolute atomic E-state index is 12.9. The number of rotatable bonds is 2. The Morgan fingerprint density at radius 1 is 1.05 bits per heavy atom. The van der Waals surface area contributed by atoms with Crippen molar-refractivity contribution in [3.8, 4) is 5.75 Å². The minimum atomic E-state index is -3.79. The van der Waals surface area contributed by atoms with Crippen LogP contribution < -0.4 is 0 Å². The highest BCUT2D eigenvalue weighted by molar-refractivity contribution is 7.90. The summed E-state index contributed by atoms with van der Waals surface area (Å²) in [5.41, 5.74) is 1.64. The monoisotopic (exact) mass is 335 g/mol. The fourth-order valence-electron chi connectivity index (χ4n) is 2.47. The second-order valence-electron chi connectivity index (χ2n) is 5.18. The van der Waals surface area contributed by atoms with E-state index in [0.717, 1.165) is 9.54 Å². The zero-order valence-corrected chi connectivity index (χ0v) is 13.6. The van der Waals surface area contributed by atoms with Crippen LogP contribution in [0.5, 0.6) is 5.75 Å². The van der Waals surface area contributed by atoms with E-state index in [9.17, 15) is 13.5 Å². The number of hydrogen-bond donors (Lipinski definition) is 1. The molecule has 4 nitrogen and oxygen atoms in total. The van der Waals surface area contributed by atoms with Crippen molar-refractivity contribution in [3.63, 3.8) is 0 Å². The van der Waals surface area contributed by atoms with Gasteiger partial charge in [-0.15, -0.1) is 0 Å². The smallest absolute Gasteiger partial charge is 0.268 e. The third kappa shape index (κ3) is 2.17. The molecule has 0 amide bonds. The minimum Gasteiger partial charge on any atom is -0.505 e. The lowest BCUT2D eigenvalue weighted by Gasteiger charge is -2.10. The molecule has 0 aliphatic heterocycles. The van der Waals surface area contributed by atoms with Gasteiger partial charge >= 0.3 is 0 Å². The van der Waals surface area contributed by atoms with Gasteiger partial charge in [-0.25, -0.2) is 12.4 Å². The van der Waals surface area contributed by atoms with Crippen molar-refractivity contribution in [2.45, 2.75) is 18.7 Å². The van der Waals surface area contributed by atoms with E-state index in [2.05, 4.69) is 0 Å². The lowest BCUT2D eigenvalue weighted by atomic mass is 10.2. The number of aryl methyl sites for hydroxylation is 1. The number of nitrogens with zero attached hydrogens (tertiary/aromatic N) is 1. The summed E-state index contributed by atoms with van der Waals surface area (Å²) in [6, 6.07) is 11.3. The molecule has 0 radical (unpaired) electrons. The molecule has 0 spiro atoms. The highest BCUT2D eigenvalue weighted by Gasteiger charge is 2.24. The first-order chi connectivity index (χ1) is 10.3. The quantitative estimate of drug-likeness (QED) is 0.773. The molecule has 0 saturated heterocycles. The van der Waals surface area contributed by atoms with Gasteiger partial charge in [0, 0.05) is 10.4 Å². The van der Waals surface area contributed by atoms with Gasteiger partial charge in [-0.1, -0.05) is 29.3 Å². The normalized spacial score (nSPS) is 12.0. The Kier molecular flexibility index (Phi) is 3.42. The summed E-state index contributed by atoms with van der Waals surface area (Å²) in [4.78, 5) is 0.174. The van der Waals surface area contributed by atoms with Gasteiger partial charge in [0.1, 0.15) is 5.75 Å². The third-order valence-corrected chi connectivity index (χ3v) is 5.69. The number of halogens is 1. The fraction of sp³-hybridized carbons (Fsp3) is 0.125. The molecule has 3 aromatic rings. The summed E-state index contributed by atoms with van der Waals surface area (Å²) in [6.07, 6.45) is 0. The van der Waals surface area contributed by atoms with Crippen LogP contribution in [-0.4, -0.2) is 17.5 Å². The molecule has 114 valence electrons. The van der Waals surface area contributed by atoms with E-state index in [4.69, 9.17) is 11.6 Å². The first kappa shape index (κ1) is 14.9. The minimum absolute atomic E-state index is 0.0758. The molecule has 1 heterocycles. The number of aromatic nitrogens is 1. The molecule has 6 heteroatoms. The summed E-state index contributed by atoms with van der Waals surface area (Å²) in [5.74, 6) is -0.0758. The molecule has 0 saturated carbocycles. The summed E-state index contributed by atoms with van der Waals surface area (Å²) >= 11 is 5.93. The van der Waals surface area contributed by atoms with Crippen LogP contribution in [0, 0.1) is 13.8 Å². The highest BCUT2D eigenvalue weighted by atomic mass is 35.5. The van der Waals surface area contributed by atoms with Crippen molar-refractivity contribution in [1.82, 2.24) is 3.97 Å². The van der Waals surface area contributed by atoms with Crippen molar-refractivity contribution < 1.29 is 13.5 Å². The van der Waals surface area contributed by atoms with E-state index < -0.39 is 10.0 Å². The van der Waals surface area contributed by atoms with Crippen LogP contribution in [0.25, 0.3) is 10.9 Å². The molecule has 0 bridgehead atoms. The standard InChI is InChI=1S/C16H14ClNO3S/c1-10-3-6-13(7-4-10)22(20,21)18-11(2)16(19)14-9-12(17)5-8-15(14)18/h3-9,19H,1-2H3. The summed E-state index contributed by atoms with van der Waals surface area (Å²) in [7, 11) is -3.79. The zero-order valence-electron chi connectivity index (χ0n) is 12.0. The van der Waals surface area contributed by atoms with Gasteiger partial charge in [0.25, 0.3) is 10.0 Å². The molecule has 1 N–H and O–H groups in total. The number of fused-ring (bicyclic) bond motifs is 1.